The standard InChI is InChI=1S/C82H144N2/c1-5-9-13-15-17-19-21-23-25-27-29-31-33-35-37-39-41-43-45-47-49-51-53-55-57-59-61-63-65-77-69-73-79(74-70-77)83-81(67-11-7-3)82(68-12-8-4)84-80-75-71-78(72-76-80)66-64-62-60-58-56-54-52-50-48-46-44-42-40-38-36-34-32-30-28-26-24-22-20-18-16-14-10-6-2/h59-62,69-76H,5-58,63-68H2,1-4H3/b61-59+,62-60+,83-81?,84-82?. The highest BCUT2D eigenvalue weighted by atomic mass is 14.8. The van der Waals surface area contributed by atoms with Crippen LogP contribution in [-0.2, 0) is 12.8 Å². The minimum Gasteiger partial charge on any atom is -0.252 e. The van der Waals surface area contributed by atoms with Crippen LogP contribution in [0.1, 0.15) is 411 Å². The second-order valence-electron chi connectivity index (χ2n) is 26.5. The summed E-state index contributed by atoms with van der Waals surface area (Å²) < 4.78 is 0. The molecule has 2 aromatic rings. The lowest BCUT2D eigenvalue weighted by molar-refractivity contribution is 0.517. The van der Waals surface area contributed by atoms with Crippen molar-refractivity contribution in [1.29, 1.82) is 0 Å². The van der Waals surface area contributed by atoms with Crippen molar-refractivity contribution in [2.75, 3.05) is 0 Å². The van der Waals surface area contributed by atoms with Crippen molar-refractivity contribution in [1.82, 2.24) is 0 Å². The van der Waals surface area contributed by atoms with Crippen molar-refractivity contribution in [3.05, 3.63) is 84.0 Å². The highest BCUT2D eigenvalue weighted by Gasteiger charge is 2.11. The van der Waals surface area contributed by atoms with Gasteiger partial charge in [0.2, 0.25) is 0 Å². The van der Waals surface area contributed by atoms with Crippen LogP contribution in [0.25, 0.3) is 0 Å². The first-order valence-electron chi connectivity index (χ1n) is 38.3. The van der Waals surface area contributed by atoms with Crippen LogP contribution in [0.5, 0.6) is 0 Å². The van der Waals surface area contributed by atoms with Gasteiger partial charge in [-0.2, -0.15) is 0 Å². The Morgan fingerprint density at radius 2 is 0.417 bits per heavy atom. The lowest BCUT2D eigenvalue weighted by atomic mass is 10.0. The molecular weight excluding hydrogens is 1010 g/mol. The van der Waals surface area contributed by atoms with Crippen molar-refractivity contribution in [2.45, 2.75) is 413 Å². The summed E-state index contributed by atoms with van der Waals surface area (Å²) in [6, 6.07) is 18.1. The third-order valence-electron chi connectivity index (χ3n) is 18.2. The van der Waals surface area contributed by atoms with E-state index in [2.05, 4.69) is 101 Å². The fourth-order valence-corrected chi connectivity index (χ4v) is 12.4. The molecule has 0 heterocycles. The average molecular weight is 1160 g/mol. The molecule has 84 heavy (non-hydrogen) atoms. The average Bonchev–Trinajstić information content (AvgIpc) is 3.69. The summed E-state index contributed by atoms with van der Waals surface area (Å²) in [5.41, 5.74) is 7.27. The van der Waals surface area contributed by atoms with E-state index in [1.54, 1.807) is 0 Å². The van der Waals surface area contributed by atoms with Gasteiger partial charge >= 0.3 is 0 Å². The van der Waals surface area contributed by atoms with Gasteiger partial charge in [-0.25, -0.2) is 0 Å². The number of aliphatic imine (C=N–C) groups is 2. The highest BCUT2D eigenvalue weighted by Crippen LogP contribution is 2.23. The maximum Gasteiger partial charge on any atom is 0.0633 e. The van der Waals surface area contributed by atoms with Crippen LogP contribution < -0.4 is 0 Å². The van der Waals surface area contributed by atoms with E-state index in [9.17, 15) is 0 Å². The van der Waals surface area contributed by atoms with Crippen molar-refractivity contribution in [3.63, 3.8) is 0 Å². The molecule has 2 rings (SSSR count). The van der Waals surface area contributed by atoms with Gasteiger partial charge in [0.25, 0.3) is 0 Å². The quantitative estimate of drug-likeness (QED) is 0.0358. The summed E-state index contributed by atoms with van der Waals surface area (Å²) in [7, 11) is 0. The number of hydrogen-bond acceptors (Lipinski definition) is 2. The van der Waals surface area contributed by atoms with E-state index < -0.39 is 0 Å². The Kier molecular flexibility index (Phi) is 58.3. The predicted molar refractivity (Wildman–Crippen MR) is 383 cm³/mol. The van der Waals surface area contributed by atoms with Gasteiger partial charge in [-0.3, -0.25) is 9.98 Å². The van der Waals surface area contributed by atoms with Gasteiger partial charge in [0.05, 0.1) is 22.8 Å². The van der Waals surface area contributed by atoms with E-state index in [4.69, 9.17) is 9.98 Å². The van der Waals surface area contributed by atoms with E-state index >= 15 is 0 Å². The zero-order chi connectivity index (χ0) is 59.8. The molecule has 0 spiro atoms. The van der Waals surface area contributed by atoms with Crippen LogP contribution in [0.2, 0.25) is 0 Å². The van der Waals surface area contributed by atoms with Gasteiger partial charge in [-0.15, -0.1) is 0 Å². The van der Waals surface area contributed by atoms with E-state index in [0.29, 0.717) is 0 Å². The van der Waals surface area contributed by atoms with E-state index in [-0.39, 0.29) is 0 Å². The maximum atomic E-state index is 5.29. The SMILES string of the molecule is CCCCCCCCCCCCCCCCCCCCCCCCCC/C=C/CCc1ccc(N=C(CCCC)C(CCCC)=Nc2ccc(CC/C=C/CCCCCCCCCCCCCCCCCCCCCCCCCC)cc2)cc1. The second kappa shape index (κ2) is 63.3. The number of rotatable bonds is 65. The lowest BCUT2D eigenvalue weighted by Crippen LogP contribution is -2.14. The van der Waals surface area contributed by atoms with Gasteiger partial charge in [0.1, 0.15) is 0 Å². The first kappa shape index (κ1) is 77.4. The first-order chi connectivity index (χ1) is 41.7. The van der Waals surface area contributed by atoms with Gasteiger partial charge < -0.3 is 0 Å². The molecule has 0 N–H and O–H groups in total. The Bertz CT molecular complexity index is 1610. The number of benzene rings is 2. The fraction of sp³-hybridized carbons (Fsp3) is 0.780. The first-order valence-corrected chi connectivity index (χ1v) is 38.3. The molecule has 2 aromatic carbocycles. The Hall–Kier alpha value is -2.74. The second-order valence-corrected chi connectivity index (χ2v) is 26.5. The van der Waals surface area contributed by atoms with Crippen LogP contribution in [0.15, 0.2) is 82.8 Å². The molecule has 482 valence electrons. The lowest BCUT2D eigenvalue weighted by Gasteiger charge is -2.11. The molecule has 0 radical (unpaired) electrons. The highest BCUT2D eigenvalue weighted by molar-refractivity contribution is 6.43. The molecule has 0 amide bonds. The van der Waals surface area contributed by atoms with Crippen molar-refractivity contribution in [3.8, 4) is 0 Å². The van der Waals surface area contributed by atoms with Gasteiger partial charge in [-0.05, 0) is 112 Å². The summed E-state index contributed by atoms with van der Waals surface area (Å²) in [5, 5.41) is 0. The number of hydrogen-bond donors (Lipinski definition) is 0. The molecule has 0 bridgehead atoms. The number of aryl methyl sites for hydroxylation is 2. The Labute approximate surface area is 526 Å². The van der Waals surface area contributed by atoms with Crippen LogP contribution in [0, 0.1) is 0 Å². The summed E-state index contributed by atoms with van der Waals surface area (Å²) in [5.74, 6) is 0. The Balaban J connectivity index is 1.51. The van der Waals surface area contributed by atoms with Crippen LogP contribution in [0.3, 0.4) is 0 Å². The zero-order valence-electron chi connectivity index (χ0n) is 57.2. The minimum absolute atomic E-state index is 0.981. The summed E-state index contributed by atoms with van der Waals surface area (Å²) in [6.45, 7) is 9.19. The van der Waals surface area contributed by atoms with E-state index in [1.165, 1.54) is 344 Å². The molecular formula is C82H144N2. The molecule has 0 aliphatic carbocycles. The third-order valence-corrected chi connectivity index (χ3v) is 18.2. The number of allylic oxidation sites excluding steroid dienone is 4. The smallest absolute Gasteiger partial charge is 0.0633 e. The predicted octanol–water partition coefficient (Wildman–Crippen LogP) is 29.4. The molecule has 0 aromatic heterocycles. The van der Waals surface area contributed by atoms with Crippen LogP contribution in [0.4, 0.5) is 11.4 Å². The molecule has 2 nitrogen and oxygen atoms in total. The van der Waals surface area contributed by atoms with E-state index in [1.807, 2.05) is 0 Å². The maximum absolute atomic E-state index is 5.29. The van der Waals surface area contributed by atoms with Crippen molar-refractivity contribution < 1.29 is 0 Å². The van der Waals surface area contributed by atoms with Gasteiger partial charge in [-0.1, -0.05) is 384 Å². The summed E-state index contributed by atoms with van der Waals surface area (Å²) in [4.78, 5) is 10.6. The van der Waals surface area contributed by atoms with Crippen LogP contribution >= 0.6 is 0 Å². The fourth-order valence-electron chi connectivity index (χ4n) is 12.4. The molecule has 0 saturated heterocycles. The Morgan fingerprint density at radius 3 is 0.631 bits per heavy atom. The molecule has 0 saturated carbocycles. The molecule has 0 atom stereocenters. The third kappa shape index (κ3) is 51.3. The molecule has 0 aliphatic heterocycles. The van der Waals surface area contributed by atoms with E-state index in [0.717, 1.165) is 75.6 Å². The van der Waals surface area contributed by atoms with Crippen molar-refractivity contribution >= 4 is 22.8 Å². The molecule has 0 aliphatic rings. The summed E-state index contributed by atoms with van der Waals surface area (Å²) in [6.07, 6.45) is 92.8. The number of unbranched alkanes of at least 4 members (excludes halogenated alkanes) is 50. The normalized spacial score (nSPS) is 12.3. The largest absolute Gasteiger partial charge is 0.252 e. The molecule has 0 unspecified atom stereocenters. The van der Waals surface area contributed by atoms with Crippen molar-refractivity contribution in [2.24, 2.45) is 9.98 Å². The topological polar surface area (TPSA) is 24.7 Å². The summed E-state index contributed by atoms with van der Waals surface area (Å²) >= 11 is 0. The molecule has 0 fully saturated rings. The minimum atomic E-state index is 0.981. The monoisotopic (exact) mass is 1160 g/mol. The molecule has 2 heteroatoms. The van der Waals surface area contributed by atoms with Crippen LogP contribution in [-0.4, -0.2) is 11.4 Å². The van der Waals surface area contributed by atoms with Gasteiger partial charge in [0.15, 0.2) is 0 Å². The zero-order valence-corrected chi connectivity index (χ0v) is 57.2. The Morgan fingerprint density at radius 1 is 0.226 bits per heavy atom. The van der Waals surface area contributed by atoms with Gasteiger partial charge in [0, 0.05) is 0 Å². The number of nitrogens with zero attached hydrogens (tertiary/aromatic N) is 2.